The molecule has 8 nitrogen and oxygen atoms in total. The number of halogens is 2. The molecule has 0 aliphatic carbocycles. The van der Waals surface area contributed by atoms with Gasteiger partial charge in [-0.2, -0.15) is 5.10 Å². The van der Waals surface area contributed by atoms with Crippen LogP contribution in [0.4, 0.5) is 5.69 Å². The first-order chi connectivity index (χ1) is 19.8. The second kappa shape index (κ2) is 11.9. The number of likely N-dealkylation sites (tertiary alicyclic amines) is 1. The van der Waals surface area contributed by atoms with Gasteiger partial charge in [0.15, 0.2) is 0 Å². The summed E-state index contributed by atoms with van der Waals surface area (Å²) in [6.45, 7) is 5.39. The largest absolute Gasteiger partial charge is 0.390 e. The zero-order chi connectivity index (χ0) is 28.7. The average Bonchev–Trinajstić information content (AvgIpc) is 3.31. The van der Waals surface area contributed by atoms with Gasteiger partial charge in [0.05, 0.1) is 18.3 Å². The smallest absolute Gasteiger partial charge is 0.227 e. The Morgan fingerprint density at radius 3 is 2.56 bits per heavy atom. The van der Waals surface area contributed by atoms with E-state index in [1.807, 2.05) is 56.9 Å². The van der Waals surface area contributed by atoms with Crippen molar-refractivity contribution in [2.24, 2.45) is 0 Å². The summed E-state index contributed by atoms with van der Waals surface area (Å²) < 4.78 is 2.95. The number of carbonyl (C=O) groups excluding carboxylic acids is 2. The second-order valence-corrected chi connectivity index (χ2v) is 12.7. The lowest BCUT2D eigenvalue weighted by Gasteiger charge is -2.41. The van der Waals surface area contributed by atoms with Crippen molar-refractivity contribution in [2.75, 3.05) is 31.1 Å². The van der Waals surface area contributed by atoms with Crippen LogP contribution in [0.3, 0.4) is 0 Å². The van der Waals surface area contributed by atoms with E-state index >= 15 is 0 Å². The molecule has 3 aliphatic heterocycles. The van der Waals surface area contributed by atoms with Crippen LogP contribution in [0.2, 0.25) is 5.02 Å². The Kier molecular flexibility index (Phi) is 8.23. The van der Waals surface area contributed by atoms with Crippen molar-refractivity contribution in [3.63, 3.8) is 0 Å². The van der Waals surface area contributed by atoms with Crippen molar-refractivity contribution in [3.05, 3.63) is 68.8 Å². The lowest BCUT2D eigenvalue weighted by atomic mass is 9.95. The normalized spacial score (nSPS) is 18.8. The molecule has 1 saturated heterocycles. The maximum absolute atomic E-state index is 12.9. The van der Waals surface area contributed by atoms with E-state index in [9.17, 15) is 14.7 Å². The van der Waals surface area contributed by atoms with E-state index in [-0.39, 0.29) is 17.9 Å². The van der Waals surface area contributed by atoms with Gasteiger partial charge in [-0.05, 0) is 55.2 Å². The predicted octanol–water partition coefficient (Wildman–Crippen LogP) is 4.68. The van der Waals surface area contributed by atoms with Gasteiger partial charge in [0, 0.05) is 90.5 Å². The number of fused-ring (bicyclic) bond motifs is 2. The van der Waals surface area contributed by atoms with E-state index in [1.165, 1.54) is 0 Å². The Labute approximate surface area is 254 Å². The average molecular weight is 641 g/mol. The highest BCUT2D eigenvalue weighted by Crippen LogP contribution is 2.35. The SMILES string of the molecule is CC(=O)N1CCc2c(c(-c3ccc(Br)cc3)nn2CC(O)CN2CCC(N3C(=O)CCc4cc(Cl)ccc43)CC2)C1. The van der Waals surface area contributed by atoms with Gasteiger partial charge in [-0.1, -0.05) is 39.7 Å². The number of aliphatic hydroxyl groups excluding tert-OH is 1. The van der Waals surface area contributed by atoms with Crippen molar-refractivity contribution in [3.8, 4) is 11.3 Å². The van der Waals surface area contributed by atoms with Gasteiger partial charge in [0.25, 0.3) is 0 Å². The fraction of sp³-hybridized carbons (Fsp3) is 0.452. The molecular weight excluding hydrogens is 606 g/mol. The molecule has 1 atom stereocenters. The molecule has 2 amide bonds. The second-order valence-electron chi connectivity index (χ2n) is 11.4. The Morgan fingerprint density at radius 1 is 1.07 bits per heavy atom. The number of piperidine rings is 1. The number of β-amino-alcohol motifs (C(OH)–C–C–N with tert-alkyl or cyclic N) is 1. The fourth-order valence-corrected chi connectivity index (χ4v) is 7.01. The van der Waals surface area contributed by atoms with Crippen molar-refractivity contribution >= 4 is 45.0 Å². The third kappa shape index (κ3) is 5.95. The zero-order valence-electron chi connectivity index (χ0n) is 23.2. The first kappa shape index (κ1) is 28.4. The Balaban J connectivity index is 1.12. The van der Waals surface area contributed by atoms with Crippen LogP contribution < -0.4 is 4.90 Å². The van der Waals surface area contributed by atoms with E-state index in [1.54, 1.807) is 6.92 Å². The summed E-state index contributed by atoms with van der Waals surface area (Å²) in [6.07, 6.45) is 3.13. The number of benzene rings is 2. The van der Waals surface area contributed by atoms with Crippen LogP contribution in [0.5, 0.6) is 0 Å². The summed E-state index contributed by atoms with van der Waals surface area (Å²) >= 11 is 9.72. The maximum Gasteiger partial charge on any atom is 0.227 e. The Hall–Kier alpha value is -2.72. The van der Waals surface area contributed by atoms with E-state index in [2.05, 4.69) is 20.8 Å². The molecule has 0 spiro atoms. The number of anilines is 1. The summed E-state index contributed by atoms with van der Waals surface area (Å²) in [7, 11) is 0. The molecule has 0 bridgehead atoms. The molecule has 216 valence electrons. The van der Waals surface area contributed by atoms with Crippen molar-refractivity contribution in [2.45, 2.75) is 64.3 Å². The van der Waals surface area contributed by atoms with Gasteiger partial charge in [-0.25, -0.2) is 0 Å². The maximum atomic E-state index is 12.9. The monoisotopic (exact) mass is 639 g/mol. The first-order valence-electron chi connectivity index (χ1n) is 14.4. The number of aliphatic hydroxyl groups is 1. The standard InChI is InChI=1S/C31H35BrClN5O3/c1-20(39)36-15-12-29-27(19-36)31(21-2-5-23(32)6-3-21)34-37(29)18-26(40)17-35-13-10-25(11-14-35)38-28-8-7-24(33)16-22(28)4-9-30(38)41/h2-3,5-8,16,25-26,40H,4,9-15,17-19H2,1H3. The van der Waals surface area contributed by atoms with Crippen molar-refractivity contribution in [1.82, 2.24) is 19.6 Å². The molecule has 1 fully saturated rings. The molecule has 1 aromatic heterocycles. The van der Waals surface area contributed by atoms with Crippen LogP contribution in [-0.4, -0.2) is 74.8 Å². The van der Waals surface area contributed by atoms with Crippen LogP contribution in [0.15, 0.2) is 46.9 Å². The number of hydrogen-bond donors (Lipinski definition) is 1. The predicted molar refractivity (Wildman–Crippen MR) is 163 cm³/mol. The highest BCUT2D eigenvalue weighted by atomic mass is 79.9. The topological polar surface area (TPSA) is 81.9 Å². The van der Waals surface area contributed by atoms with Gasteiger partial charge in [0.1, 0.15) is 0 Å². The lowest BCUT2D eigenvalue weighted by molar-refractivity contribution is -0.129. The highest BCUT2D eigenvalue weighted by Gasteiger charge is 2.34. The molecule has 1 N–H and O–H groups in total. The van der Waals surface area contributed by atoms with Crippen LogP contribution >= 0.6 is 27.5 Å². The van der Waals surface area contributed by atoms with E-state index in [0.717, 1.165) is 70.6 Å². The molecule has 6 rings (SSSR count). The molecule has 1 unspecified atom stereocenters. The minimum absolute atomic E-state index is 0.0622. The molecule has 3 aromatic rings. The fourth-order valence-electron chi connectivity index (χ4n) is 6.55. The Morgan fingerprint density at radius 2 is 1.83 bits per heavy atom. The summed E-state index contributed by atoms with van der Waals surface area (Å²) in [5.74, 6) is 0.249. The molecule has 41 heavy (non-hydrogen) atoms. The van der Waals surface area contributed by atoms with Crippen molar-refractivity contribution in [1.29, 1.82) is 0 Å². The van der Waals surface area contributed by atoms with Crippen LogP contribution in [0, 0.1) is 0 Å². The Bertz CT molecular complexity index is 1450. The minimum Gasteiger partial charge on any atom is -0.390 e. The molecule has 2 aromatic carbocycles. The molecule has 10 heteroatoms. The first-order valence-corrected chi connectivity index (χ1v) is 15.5. The minimum atomic E-state index is -0.585. The zero-order valence-corrected chi connectivity index (χ0v) is 25.6. The molecular formula is C31H35BrClN5O3. The molecule has 0 saturated carbocycles. The quantitative estimate of drug-likeness (QED) is 0.424. The van der Waals surface area contributed by atoms with E-state index in [4.69, 9.17) is 16.7 Å². The van der Waals surface area contributed by atoms with Gasteiger partial charge >= 0.3 is 0 Å². The lowest BCUT2D eigenvalue weighted by Crippen LogP contribution is -2.50. The van der Waals surface area contributed by atoms with Crippen LogP contribution in [-0.2, 0) is 35.5 Å². The van der Waals surface area contributed by atoms with Crippen molar-refractivity contribution < 1.29 is 14.7 Å². The van der Waals surface area contributed by atoms with Gasteiger partial charge in [-0.15, -0.1) is 0 Å². The molecule has 3 aliphatic rings. The summed E-state index contributed by atoms with van der Waals surface area (Å²) in [5.41, 5.74) is 6.18. The number of hydrogen-bond acceptors (Lipinski definition) is 5. The summed E-state index contributed by atoms with van der Waals surface area (Å²) in [6, 6.07) is 14.0. The summed E-state index contributed by atoms with van der Waals surface area (Å²) in [4.78, 5) is 31.2. The van der Waals surface area contributed by atoms with Gasteiger partial charge in [0.2, 0.25) is 11.8 Å². The summed E-state index contributed by atoms with van der Waals surface area (Å²) in [5, 5.41) is 16.8. The van der Waals surface area contributed by atoms with Crippen LogP contribution in [0.1, 0.15) is 43.0 Å². The highest BCUT2D eigenvalue weighted by molar-refractivity contribution is 9.10. The number of aryl methyl sites for hydroxylation is 1. The number of amides is 2. The molecule has 0 radical (unpaired) electrons. The third-order valence-corrected chi connectivity index (χ3v) is 9.41. The number of aromatic nitrogens is 2. The van der Waals surface area contributed by atoms with Crippen LogP contribution in [0.25, 0.3) is 11.3 Å². The molecule has 4 heterocycles. The van der Waals surface area contributed by atoms with Gasteiger partial charge < -0.3 is 19.8 Å². The van der Waals surface area contributed by atoms with Gasteiger partial charge in [-0.3, -0.25) is 14.3 Å². The van der Waals surface area contributed by atoms with E-state index in [0.29, 0.717) is 44.0 Å². The number of rotatable bonds is 6. The number of nitrogens with zero attached hydrogens (tertiary/aromatic N) is 5. The van der Waals surface area contributed by atoms with E-state index < -0.39 is 6.10 Å². The number of carbonyl (C=O) groups is 2. The third-order valence-electron chi connectivity index (χ3n) is 8.65.